The lowest BCUT2D eigenvalue weighted by Crippen LogP contribution is -2.12. The molecule has 0 aliphatic carbocycles. The molecule has 0 unspecified atom stereocenters. The van der Waals surface area contributed by atoms with Crippen LogP contribution in [-0.4, -0.2) is 20.4 Å². The molecule has 0 atom stereocenters. The largest absolute Gasteiger partial charge is 0.507 e. The monoisotopic (exact) mass is 349 g/mol. The SMILES string of the molecule is Cc1ccc(C(=O)Nc2ccc(-c3cn4ccsc4n3)cc2)c(O)c1. The van der Waals surface area contributed by atoms with Crippen LogP contribution in [0.25, 0.3) is 16.2 Å². The predicted molar refractivity (Wildman–Crippen MR) is 99.3 cm³/mol. The first-order chi connectivity index (χ1) is 12.1. The van der Waals surface area contributed by atoms with Gasteiger partial charge in [-0.05, 0) is 36.8 Å². The zero-order valence-electron chi connectivity index (χ0n) is 13.4. The van der Waals surface area contributed by atoms with Gasteiger partial charge in [0.05, 0.1) is 11.3 Å². The standard InChI is InChI=1S/C19H15N3O2S/c1-12-2-7-15(17(23)10-12)18(24)20-14-5-3-13(4-6-14)16-11-22-8-9-25-19(22)21-16/h2-11,23H,1H3,(H,20,24). The Balaban J connectivity index is 1.53. The number of hydrogen-bond donors (Lipinski definition) is 2. The van der Waals surface area contributed by atoms with E-state index in [0.29, 0.717) is 5.69 Å². The fraction of sp³-hybridized carbons (Fsp3) is 0.0526. The van der Waals surface area contributed by atoms with Gasteiger partial charge < -0.3 is 10.4 Å². The molecule has 1 amide bonds. The van der Waals surface area contributed by atoms with Crippen LogP contribution in [0.3, 0.4) is 0 Å². The second kappa shape index (κ2) is 6.07. The number of carbonyl (C=O) groups is 1. The number of hydrogen-bond acceptors (Lipinski definition) is 4. The Morgan fingerprint density at radius 2 is 2.00 bits per heavy atom. The third-order valence-corrected chi connectivity index (χ3v) is 4.70. The van der Waals surface area contributed by atoms with Crippen LogP contribution in [0, 0.1) is 6.92 Å². The molecule has 0 aliphatic heterocycles. The maximum atomic E-state index is 12.3. The van der Waals surface area contributed by atoms with Gasteiger partial charge in [-0.3, -0.25) is 9.20 Å². The number of imidazole rings is 1. The average Bonchev–Trinajstić information content (AvgIpc) is 3.17. The Hall–Kier alpha value is -3.12. The van der Waals surface area contributed by atoms with Gasteiger partial charge in [-0.1, -0.05) is 18.2 Å². The minimum Gasteiger partial charge on any atom is -0.507 e. The van der Waals surface area contributed by atoms with Crippen molar-refractivity contribution in [1.82, 2.24) is 9.38 Å². The molecule has 4 aromatic rings. The molecule has 0 saturated heterocycles. The van der Waals surface area contributed by atoms with Crippen molar-refractivity contribution in [2.24, 2.45) is 0 Å². The van der Waals surface area contributed by atoms with Crippen LogP contribution in [0.15, 0.2) is 60.2 Å². The molecule has 5 nitrogen and oxygen atoms in total. The number of fused-ring (bicyclic) bond motifs is 1. The van der Waals surface area contributed by atoms with Crippen LogP contribution in [0.5, 0.6) is 5.75 Å². The Bertz CT molecular complexity index is 1040. The van der Waals surface area contributed by atoms with Crippen molar-refractivity contribution in [3.05, 3.63) is 71.4 Å². The van der Waals surface area contributed by atoms with E-state index in [1.165, 1.54) is 0 Å². The molecule has 0 fully saturated rings. The minimum absolute atomic E-state index is 0.0211. The van der Waals surface area contributed by atoms with Gasteiger partial charge in [-0.2, -0.15) is 0 Å². The number of aryl methyl sites for hydroxylation is 1. The van der Waals surface area contributed by atoms with Crippen LogP contribution in [0.1, 0.15) is 15.9 Å². The Labute approximate surface area is 148 Å². The molecule has 124 valence electrons. The van der Waals surface area contributed by atoms with Crippen molar-refractivity contribution in [3.8, 4) is 17.0 Å². The van der Waals surface area contributed by atoms with Crippen LogP contribution in [-0.2, 0) is 0 Å². The summed E-state index contributed by atoms with van der Waals surface area (Å²) in [5, 5.41) is 14.7. The summed E-state index contributed by atoms with van der Waals surface area (Å²) in [6, 6.07) is 12.5. The first kappa shape index (κ1) is 15.4. The molecular weight excluding hydrogens is 334 g/mol. The molecule has 6 heteroatoms. The number of phenols is 1. The smallest absolute Gasteiger partial charge is 0.259 e. The van der Waals surface area contributed by atoms with Gasteiger partial charge in [0.1, 0.15) is 5.75 Å². The van der Waals surface area contributed by atoms with E-state index in [9.17, 15) is 9.90 Å². The zero-order chi connectivity index (χ0) is 17.4. The highest BCUT2D eigenvalue weighted by Crippen LogP contribution is 2.24. The van der Waals surface area contributed by atoms with Gasteiger partial charge in [0.25, 0.3) is 5.91 Å². The molecule has 0 bridgehead atoms. The number of nitrogens with zero attached hydrogens (tertiary/aromatic N) is 2. The Morgan fingerprint density at radius 1 is 1.20 bits per heavy atom. The van der Waals surface area contributed by atoms with Crippen molar-refractivity contribution >= 4 is 27.9 Å². The van der Waals surface area contributed by atoms with Gasteiger partial charge >= 0.3 is 0 Å². The summed E-state index contributed by atoms with van der Waals surface area (Å²) in [5.41, 5.74) is 3.69. The summed E-state index contributed by atoms with van der Waals surface area (Å²) in [6.45, 7) is 1.86. The number of amides is 1. The third-order valence-electron chi connectivity index (χ3n) is 3.93. The topological polar surface area (TPSA) is 66.6 Å². The minimum atomic E-state index is -0.340. The molecule has 0 saturated carbocycles. The highest BCUT2D eigenvalue weighted by Gasteiger charge is 2.12. The zero-order valence-corrected chi connectivity index (χ0v) is 14.2. The van der Waals surface area contributed by atoms with E-state index >= 15 is 0 Å². The fourth-order valence-corrected chi connectivity index (χ4v) is 3.32. The lowest BCUT2D eigenvalue weighted by atomic mass is 10.1. The molecule has 25 heavy (non-hydrogen) atoms. The van der Waals surface area contributed by atoms with Crippen molar-refractivity contribution in [2.75, 3.05) is 5.32 Å². The summed E-state index contributed by atoms with van der Waals surface area (Å²) >= 11 is 1.59. The molecule has 2 aromatic heterocycles. The van der Waals surface area contributed by atoms with Gasteiger partial charge in [-0.25, -0.2) is 4.98 Å². The quantitative estimate of drug-likeness (QED) is 0.578. The normalized spacial score (nSPS) is 10.9. The third kappa shape index (κ3) is 2.99. The molecule has 2 heterocycles. The first-order valence-corrected chi connectivity index (χ1v) is 8.62. The van der Waals surface area contributed by atoms with Crippen LogP contribution >= 0.6 is 11.3 Å². The Morgan fingerprint density at radius 3 is 2.72 bits per heavy atom. The molecule has 0 spiro atoms. The average molecular weight is 349 g/mol. The number of aromatic hydroxyl groups is 1. The van der Waals surface area contributed by atoms with E-state index < -0.39 is 0 Å². The van der Waals surface area contributed by atoms with Crippen molar-refractivity contribution in [1.29, 1.82) is 0 Å². The van der Waals surface area contributed by atoms with Gasteiger partial charge in [0.2, 0.25) is 0 Å². The van der Waals surface area contributed by atoms with E-state index in [4.69, 9.17) is 0 Å². The van der Waals surface area contributed by atoms with Crippen LogP contribution in [0.2, 0.25) is 0 Å². The second-order valence-electron chi connectivity index (χ2n) is 5.77. The predicted octanol–water partition coefficient (Wildman–Crippen LogP) is 4.33. The summed E-state index contributed by atoms with van der Waals surface area (Å²) in [6.07, 6.45) is 3.95. The molecule has 2 aromatic carbocycles. The number of anilines is 1. The summed E-state index contributed by atoms with van der Waals surface area (Å²) in [5.74, 6) is -0.361. The number of thiazole rings is 1. The molecule has 4 rings (SSSR count). The van der Waals surface area contributed by atoms with Crippen LogP contribution in [0.4, 0.5) is 5.69 Å². The van der Waals surface area contributed by atoms with Gasteiger partial charge in [0.15, 0.2) is 4.96 Å². The number of aromatic nitrogens is 2. The van der Waals surface area contributed by atoms with Gasteiger partial charge in [-0.15, -0.1) is 11.3 Å². The second-order valence-corrected chi connectivity index (χ2v) is 6.64. The number of benzene rings is 2. The van der Waals surface area contributed by atoms with Crippen molar-refractivity contribution in [3.63, 3.8) is 0 Å². The number of nitrogens with one attached hydrogen (secondary N) is 1. The summed E-state index contributed by atoms with van der Waals surface area (Å²) in [4.78, 5) is 17.8. The van der Waals surface area contributed by atoms with E-state index in [0.717, 1.165) is 21.8 Å². The molecule has 0 radical (unpaired) electrons. The van der Waals surface area contributed by atoms with E-state index in [1.54, 1.807) is 29.5 Å². The van der Waals surface area contributed by atoms with E-state index in [2.05, 4.69) is 10.3 Å². The molecular formula is C19H15N3O2S. The van der Waals surface area contributed by atoms with E-state index in [1.807, 2.05) is 53.4 Å². The molecule has 2 N–H and O–H groups in total. The number of phenolic OH excluding ortho intramolecular Hbond substituents is 1. The molecule has 0 aliphatic rings. The van der Waals surface area contributed by atoms with Crippen molar-refractivity contribution in [2.45, 2.75) is 6.92 Å². The highest BCUT2D eigenvalue weighted by molar-refractivity contribution is 7.15. The lowest BCUT2D eigenvalue weighted by Gasteiger charge is -2.08. The number of rotatable bonds is 3. The fourth-order valence-electron chi connectivity index (χ4n) is 2.62. The van der Waals surface area contributed by atoms with Crippen LogP contribution < -0.4 is 5.32 Å². The number of carbonyl (C=O) groups excluding carboxylic acids is 1. The Kier molecular flexibility index (Phi) is 3.74. The maximum Gasteiger partial charge on any atom is 0.259 e. The van der Waals surface area contributed by atoms with Crippen molar-refractivity contribution < 1.29 is 9.90 Å². The first-order valence-electron chi connectivity index (χ1n) is 7.74. The maximum absolute atomic E-state index is 12.3. The highest BCUT2D eigenvalue weighted by atomic mass is 32.1. The summed E-state index contributed by atoms with van der Waals surface area (Å²) < 4.78 is 1.98. The van der Waals surface area contributed by atoms with Gasteiger partial charge in [0, 0.05) is 29.0 Å². The van der Waals surface area contributed by atoms with E-state index in [-0.39, 0.29) is 17.2 Å². The summed E-state index contributed by atoms with van der Waals surface area (Å²) in [7, 11) is 0. The lowest BCUT2D eigenvalue weighted by molar-refractivity contribution is 0.102.